The van der Waals surface area contributed by atoms with Crippen LogP contribution in [-0.2, 0) is 16.1 Å². The molecule has 0 saturated carbocycles. The van der Waals surface area contributed by atoms with Crippen LogP contribution in [-0.4, -0.2) is 70.3 Å². The van der Waals surface area contributed by atoms with Gasteiger partial charge in [-0.2, -0.15) is 0 Å². The van der Waals surface area contributed by atoms with Crippen LogP contribution in [0, 0.1) is 0 Å². The lowest BCUT2D eigenvalue weighted by molar-refractivity contribution is -0.121. The Morgan fingerprint density at radius 2 is 2.10 bits per heavy atom. The van der Waals surface area contributed by atoms with Crippen LogP contribution >= 0.6 is 0 Å². The molecular formula is C21H34N6O2. The average molecular weight is 403 g/mol. The number of pyridine rings is 1. The highest BCUT2D eigenvalue weighted by molar-refractivity contribution is 5.76. The number of carbonyl (C=O) groups excluding carboxylic acids is 1. The van der Waals surface area contributed by atoms with Gasteiger partial charge in [0.2, 0.25) is 11.9 Å². The maximum atomic E-state index is 11.9. The number of piperidine rings is 1. The van der Waals surface area contributed by atoms with Crippen LogP contribution in [0.25, 0.3) is 11.2 Å². The highest BCUT2D eigenvalue weighted by Crippen LogP contribution is 2.21. The fourth-order valence-corrected chi connectivity index (χ4v) is 3.72. The van der Waals surface area contributed by atoms with Gasteiger partial charge in [-0.1, -0.05) is 0 Å². The molecule has 0 atom stereocenters. The zero-order chi connectivity index (χ0) is 20.6. The first kappa shape index (κ1) is 21.5. The lowest BCUT2D eigenvalue weighted by Gasteiger charge is -2.32. The summed E-state index contributed by atoms with van der Waals surface area (Å²) in [4.78, 5) is 23.5. The van der Waals surface area contributed by atoms with Gasteiger partial charge in [-0.15, -0.1) is 0 Å². The molecule has 1 amide bonds. The Balaban J connectivity index is 1.54. The van der Waals surface area contributed by atoms with E-state index in [0.29, 0.717) is 25.7 Å². The minimum Gasteiger partial charge on any atom is -0.380 e. The van der Waals surface area contributed by atoms with Gasteiger partial charge < -0.3 is 20.3 Å². The number of carbonyl (C=O) groups is 1. The fraction of sp³-hybridized carbons (Fsp3) is 0.667. The first-order chi connectivity index (χ1) is 14.1. The number of hydrogen-bond acceptors (Lipinski definition) is 6. The molecule has 2 aromatic rings. The van der Waals surface area contributed by atoms with Crippen LogP contribution in [0.5, 0.6) is 0 Å². The molecule has 0 bridgehead atoms. The van der Waals surface area contributed by atoms with Gasteiger partial charge in [0, 0.05) is 50.9 Å². The summed E-state index contributed by atoms with van der Waals surface area (Å²) >= 11 is 0. The average Bonchev–Trinajstić information content (AvgIpc) is 3.04. The molecule has 3 rings (SSSR count). The van der Waals surface area contributed by atoms with E-state index in [1.807, 2.05) is 32.9 Å². The number of imidazole rings is 1. The zero-order valence-corrected chi connectivity index (χ0v) is 17.9. The Morgan fingerprint density at radius 3 is 2.83 bits per heavy atom. The van der Waals surface area contributed by atoms with Crippen molar-refractivity contribution in [2.24, 2.45) is 0 Å². The minimum absolute atomic E-state index is 0.135. The normalized spacial score (nSPS) is 15.9. The van der Waals surface area contributed by atoms with E-state index in [4.69, 9.17) is 9.72 Å². The molecule has 0 aromatic carbocycles. The molecule has 8 nitrogen and oxygen atoms in total. The smallest absolute Gasteiger partial charge is 0.221 e. The summed E-state index contributed by atoms with van der Waals surface area (Å²) in [5, 5.41) is 6.59. The molecule has 1 fully saturated rings. The lowest BCUT2D eigenvalue weighted by Crippen LogP contribution is -2.41. The molecule has 1 aliphatic rings. The number of amides is 1. The van der Waals surface area contributed by atoms with E-state index in [0.717, 1.165) is 56.1 Å². The van der Waals surface area contributed by atoms with Crippen molar-refractivity contribution in [3.8, 4) is 0 Å². The van der Waals surface area contributed by atoms with Crippen molar-refractivity contribution in [3.63, 3.8) is 0 Å². The van der Waals surface area contributed by atoms with Crippen LogP contribution in [0.1, 0.15) is 40.0 Å². The van der Waals surface area contributed by atoms with Crippen LogP contribution < -0.4 is 10.6 Å². The van der Waals surface area contributed by atoms with E-state index < -0.39 is 0 Å². The molecule has 0 spiro atoms. The van der Waals surface area contributed by atoms with Gasteiger partial charge in [0.25, 0.3) is 0 Å². The molecule has 1 aliphatic heterocycles. The predicted molar refractivity (Wildman–Crippen MR) is 115 cm³/mol. The Morgan fingerprint density at radius 1 is 1.31 bits per heavy atom. The van der Waals surface area contributed by atoms with Crippen molar-refractivity contribution in [1.29, 1.82) is 0 Å². The summed E-state index contributed by atoms with van der Waals surface area (Å²) in [5.74, 6) is 1.00. The molecule has 160 valence electrons. The number of ether oxygens (including phenoxy) is 1. The SMILES string of the molecule is CCOCCn1c(NC2CCN(CCC(=O)NC(C)C)CC2)nc2cccnc21. The van der Waals surface area contributed by atoms with E-state index in [1.165, 1.54) is 0 Å². The summed E-state index contributed by atoms with van der Waals surface area (Å²) in [5.41, 5.74) is 1.79. The van der Waals surface area contributed by atoms with Crippen molar-refractivity contribution in [3.05, 3.63) is 18.3 Å². The van der Waals surface area contributed by atoms with Gasteiger partial charge in [0.15, 0.2) is 5.65 Å². The van der Waals surface area contributed by atoms with E-state index in [9.17, 15) is 4.79 Å². The van der Waals surface area contributed by atoms with Crippen molar-refractivity contribution < 1.29 is 9.53 Å². The van der Waals surface area contributed by atoms with Crippen molar-refractivity contribution in [1.82, 2.24) is 24.8 Å². The number of nitrogens with one attached hydrogen (secondary N) is 2. The van der Waals surface area contributed by atoms with Crippen LogP contribution in [0.2, 0.25) is 0 Å². The first-order valence-corrected chi connectivity index (χ1v) is 10.7. The quantitative estimate of drug-likeness (QED) is 0.593. The molecule has 0 aliphatic carbocycles. The molecule has 0 unspecified atom stereocenters. The van der Waals surface area contributed by atoms with E-state index in [1.54, 1.807) is 6.20 Å². The second-order valence-electron chi connectivity index (χ2n) is 7.86. The maximum absolute atomic E-state index is 11.9. The summed E-state index contributed by atoms with van der Waals surface area (Å²) in [7, 11) is 0. The Hall–Kier alpha value is -2.19. The van der Waals surface area contributed by atoms with Gasteiger partial charge >= 0.3 is 0 Å². The number of nitrogens with zero attached hydrogens (tertiary/aromatic N) is 4. The predicted octanol–water partition coefficient (Wildman–Crippen LogP) is 2.26. The summed E-state index contributed by atoms with van der Waals surface area (Å²) in [6.07, 6.45) is 4.44. The number of fused-ring (bicyclic) bond motifs is 1. The lowest BCUT2D eigenvalue weighted by atomic mass is 10.1. The number of anilines is 1. The van der Waals surface area contributed by atoms with Crippen molar-refractivity contribution in [2.75, 3.05) is 38.2 Å². The number of likely N-dealkylation sites (tertiary alicyclic amines) is 1. The largest absolute Gasteiger partial charge is 0.380 e. The molecule has 2 aromatic heterocycles. The van der Waals surface area contributed by atoms with E-state index in [-0.39, 0.29) is 11.9 Å². The third kappa shape index (κ3) is 6.14. The topological polar surface area (TPSA) is 84.3 Å². The van der Waals surface area contributed by atoms with Gasteiger partial charge in [0.1, 0.15) is 5.52 Å². The molecule has 2 N–H and O–H groups in total. The molecular weight excluding hydrogens is 368 g/mol. The van der Waals surface area contributed by atoms with Crippen LogP contribution in [0.15, 0.2) is 18.3 Å². The van der Waals surface area contributed by atoms with Crippen LogP contribution in [0.3, 0.4) is 0 Å². The Labute approximate surface area is 173 Å². The molecule has 8 heteroatoms. The summed E-state index contributed by atoms with van der Waals surface area (Å²) in [6.45, 7) is 10.9. The molecule has 3 heterocycles. The third-order valence-corrected chi connectivity index (χ3v) is 5.19. The number of rotatable bonds is 10. The first-order valence-electron chi connectivity index (χ1n) is 10.7. The second-order valence-corrected chi connectivity index (χ2v) is 7.86. The third-order valence-electron chi connectivity index (χ3n) is 5.19. The summed E-state index contributed by atoms with van der Waals surface area (Å²) < 4.78 is 7.66. The Kier molecular flexibility index (Phi) is 7.83. The highest BCUT2D eigenvalue weighted by Gasteiger charge is 2.22. The van der Waals surface area contributed by atoms with Crippen LogP contribution in [0.4, 0.5) is 5.95 Å². The van der Waals surface area contributed by atoms with E-state index >= 15 is 0 Å². The fourth-order valence-electron chi connectivity index (χ4n) is 3.72. The Bertz CT molecular complexity index is 783. The molecule has 1 saturated heterocycles. The molecule has 0 radical (unpaired) electrons. The zero-order valence-electron chi connectivity index (χ0n) is 17.9. The van der Waals surface area contributed by atoms with E-state index in [2.05, 4.69) is 25.1 Å². The van der Waals surface area contributed by atoms with Crippen molar-refractivity contribution in [2.45, 2.75) is 58.7 Å². The van der Waals surface area contributed by atoms with Gasteiger partial charge in [0.05, 0.1) is 13.2 Å². The minimum atomic E-state index is 0.135. The van der Waals surface area contributed by atoms with Gasteiger partial charge in [-0.05, 0) is 45.7 Å². The summed E-state index contributed by atoms with van der Waals surface area (Å²) in [6, 6.07) is 4.49. The second kappa shape index (κ2) is 10.5. The number of aromatic nitrogens is 3. The van der Waals surface area contributed by atoms with Gasteiger partial charge in [-0.25, -0.2) is 9.97 Å². The highest BCUT2D eigenvalue weighted by atomic mass is 16.5. The van der Waals surface area contributed by atoms with Crippen molar-refractivity contribution >= 4 is 23.0 Å². The maximum Gasteiger partial charge on any atom is 0.221 e. The standard InChI is InChI=1S/C21H34N6O2/c1-4-29-15-14-27-20-18(6-5-10-22-20)25-21(27)24-17-7-11-26(12-8-17)13-9-19(28)23-16(2)3/h5-6,10,16-17H,4,7-9,11-15H2,1-3H3,(H,23,28)(H,24,25). The number of hydrogen-bond donors (Lipinski definition) is 2. The van der Waals surface area contributed by atoms with Gasteiger partial charge in [-0.3, -0.25) is 9.36 Å². The molecule has 29 heavy (non-hydrogen) atoms. The monoisotopic (exact) mass is 402 g/mol.